The highest BCUT2D eigenvalue weighted by Crippen LogP contribution is 2.21. The van der Waals surface area contributed by atoms with Crippen LogP contribution in [0.2, 0.25) is 0 Å². The molecular formula is C13H16FNO2S. The molecule has 5 heteroatoms. The van der Waals surface area contributed by atoms with Crippen LogP contribution >= 0.6 is 11.8 Å². The van der Waals surface area contributed by atoms with Crippen molar-refractivity contribution in [2.45, 2.75) is 12.5 Å². The zero-order valence-electron chi connectivity index (χ0n) is 10.2. The number of halogens is 1. The van der Waals surface area contributed by atoms with Crippen molar-refractivity contribution in [2.24, 2.45) is 0 Å². The Bertz CT molecular complexity index is 433. The van der Waals surface area contributed by atoms with E-state index >= 15 is 0 Å². The zero-order chi connectivity index (χ0) is 13.0. The van der Waals surface area contributed by atoms with Gasteiger partial charge in [-0.25, -0.2) is 4.39 Å². The average molecular weight is 269 g/mol. The summed E-state index contributed by atoms with van der Waals surface area (Å²) in [6, 6.07) is 4.73. The van der Waals surface area contributed by atoms with E-state index in [-0.39, 0.29) is 24.0 Å². The van der Waals surface area contributed by atoms with Gasteiger partial charge in [-0.05, 0) is 11.6 Å². The van der Waals surface area contributed by atoms with Crippen molar-refractivity contribution in [3.63, 3.8) is 0 Å². The second-order valence-electron chi connectivity index (χ2n) is 4.16. The van der Waals surface area contributed by atoms with Gasteiger partial charge in [-0.15, -0.1) is 0 Å². The van der Waals surface area contributed by atoms with Crippen LogP contribution in [0.3, 0.4) is 0 Å². The largest absolute Gasteiger partial charge is 0.494 e. The van der Waals surface area contributed by atoms with Crippen LogP contribution in [-0.4, -0.2) is 37.0 Å². The monoisotopic (exact) mass is 269 g/mol. The molecule has 0 amide bonds. The fourth-order valence-electron chi connectivity index (χ4n) is 1.93. The molecule has 1 aliphatic rings. The lowest BCUT2D eigenvalue weighted by atomic mass is 10.0. The van der Waals surface area contributed by atoms with Crippen molar-refractivity contribution in [2.75, 3.05) is 25.2 Å². The molecule has 98 valence electrons. The Kier molecular flexibility index (Phi) is 4.60. The van der Waals surface area contributed by atoms with Gasteiger partial charge in [-0.2, -0.15) is 11.8 Å². The van der Waals surface area contributed by atoms with Crippen LogP contribution in [0.4, 0.5) is 4.39 Å². The van der Waals surface area contributed by atoms with Gasteiger partial charge in [0.1, 0.15) is 0 Å². The molecule has 1 saturated heterocycles. The van der Waals surface area contributed by atoms with Crippen LogP contribution in [-0.2, 0) is 11.2 Å². The average Bonchev–Trinajstić information content (AvgIpc) is 2.42. The summed E-state index contributed by atoms with van der Waals surface area (Å²) < 4.78 is 18.8. The summed E-state index contributed by atoms with van der Waals surface area (Å²) in [6.45, 7) is 0.835. The molecule has 1 fully saturated rings. The van der Waals surface area contributed by atoms with Crippen LogP contribution < -0.4 is 10.1 Å². The minimum Gasteiger partial charge on any atom is -0.494 e. The number of hydrogen-bond acceptors (Lipinski definition) is 4. The number of methoxy groups -OCH3 is 1. The molecule has 0 spiro atoms. The van der Waals surface area contributed by atoms with Gasteiger partial charge in [0.25, 0.3) is 0 Å². The normalized spacial score (nSPS) is 19.6. The van der Waals surface area contributed by atoms with Gasteiger partial charge < -0.3 is 10.1 Å². The fraction of sp³-hybridized carbons (Fsp3) is 0.462. The molecule has 2 rings (SSSR count). The SMILES string of the molecule is COc1cccc(CC(=O)C2CSCCN2)c1F. The van der Waals surface area contributed by atoms with E-state index in [4.69, 9.17) is 4.74 Å². The summed E-state index contributed by atoms with van der Waals surface area (Å²) in [4.78, 5) is 12.0. The molecule has 0 aliphatic carbocycles. The van der Waals surface area contributed by atoms with Gasteiger partial charge in [0.2, 0.25) is 0 Å². The number of nitrogens with one attached hydrogen (secondary N) is 1. The Morgan fingerprint density at radius 1 is 1.61 bits per heavy atom. The van der Waals surface area contributed by atoms with Crippen LogP contribution in [0, 0.1) is 5.82 Å². The molecule has 1 aliphatic heterocycles. The highest BCUT2D eigenvalue weighted by molar-refractivity contribution is 7.99. The molecule has 0 saturated carbocycles. The lowest BCUT2D eigenvalue weighted by Crippen LogP contribution is -2.44. The quantitative estimate of drug-likeness (QED) is 0.902. The van der Waals surface area contributed by atoms with E-state index in [0.29, 0.717) is 5.56 Å². The number of thioether (sulfide) groups is 1. The van der Waals surface area contributed by atoms with E-state index in [2.05, 4.69) is 5.32 Å². The van der Waals surface area contributed by atoms with E-state index in [1.165, 1.54) is 7.11 Å². The van der Waals surface area contributed by atoms with Crippen molar-refractivity contribution in [3.8, 4) is 5.75 Å². The maximum absolute atomic E-state index is 13.9. The Hall–Kier alpha value is -1.07. The second-order valence-corrected chi connectivity index (χ2v) is 5.31. The molecule has 1 aromatic rings. The third kappa shape index (κ3) is 3.03. The van der Waals surface area contributed by atoms with Crippen LogP contribution in [0.15, 0.2) is 18.2 Å². The third-order valence-corrected chi connectivity index (χ3v) is 4.00. The third-order valence-electron chi connectivity index (χ3n) is 2.94. The van der Waals surface area contributed by atoms with E-state index in [0.717, 1.165) is 18.1 Å². The Balaban J connectivity index is 2.06. The maximum atomic E-state index is 13.9. The molecule has 1 heterocycles. The summed E-state index contributed by atoms with van der Waals surface area (Å²) in [5.41, 5.74) is 0.400. The molecule has 1 atom stereocenters. The summed E-state index contributed by atoms with van der Waals surface area (Å²) in [6.07, 6.45) is 0.112. The standard InChI is InChI=1S/C13H16FNO2S/c1-17-12-4-2-3-9(13(12)14)7-11(16)10-8-18-6-5-15-10/h2-4,10,15H,5-8H2,1H3. The lowest BCUT2D eigenvalue weighted by molar-refractivity contribution is -0.120. The van der Waals surface area contributed by atoms with E-state index in [1.807, 2.05) is 0 Å². The number of benzene rings is 1. The summed E-state index contributed by atoms with van der Waals surface area (Å²) >= 11 is 1.75. The first-order valence-electron chi connectivity index (χ1n) is 5.87. The van der Waals surface area contributed by atoms with E-state index in [1.54, 1.807) is 30.0 Å². The first-order valence-corrected chi connectivity index (χ1v) is 7.03. The molecule has 1 aromatic carbocycles. The van der Waals surface area contributed by atoms with Gasteiger partial charge in [0.05, 0.1) is 13.2 Å². The van der Waals surface area contributed by atoms with Gasteiger partial charge in [-0.1, -0.05) is 12.1 Å². The minimum absolute atomic E-state index is 0.0364. The van der Waals surface area contributed by atoms with Crippen LogP contribution in [0.5, 0.6) is 5.75 Å². The number of carbonyl (C=O) groups is 1. The molecule has 18 heavy (non-hydrogen) atoms. The number of ether oxygens (including phenoxy) is 1. The minimum atomic E-state index is -0.434. The molecular weight excluding hydrogens is 253 g/mol. The molecule has 1 unspecified atom stereocenters. The molecule has 3 nitrogen and oxygen atoms in total. The molecule has 1 N–H and O–H groups in total. The molecule has 0 bridgehead atoms. The van der Waals surface area contributed by atoms with Crippen LogP contribution in [0.1, 0.15) is 5.56 Å². The first-order chi connectivity index (χ1) is 8.72. The second kappa shape index (κ2) is 6.20. The summed E-state index contributed by atoms with van der Waals surface area (Å²) in [5, 5.41) is 3.16. The fourth-order valence-corrected chi connectivity index (χ4v) is 2.90. The summed E-state index contributed by atoms with van der Waals surface area (Å²) in [7, 11) is 1.42. The van der Waals surface area contributed by atoms with Crippen molar-refractivity contribution in [1.29, 1.82) is 0 Å². The number of ketones is 1. The highest BCUT2D eigenvalue weighted by Gasteiger charge is 2.22. The van der Waals surface area contributed by atoms with Gasteiger partial charge in [-0.3, -0.25) is 4.79 Å². The van der Waals surface area contributed by atoms with Crippen molar-refractivity contribution >= 4 is 17.5 Å². The smallest absolute Gasteiger partial charge is 0.168 e. The molecule has 0 radical (unpaired) electrons. The molecule has 0 aromatic heterocycles. The Morgan fingerprint density at radius 3 is 3.11 bits per heavy atom. The van der Waals surface area contributed by atoms with Crippen LogP contribution in [0.25, 0.3) is 0 Å². The number of hydrogen-bond donors (Lipinski definition) is 1. The van der Waals surface area contributed by atoms with Crippen molar-refractivity contribution in [3.05, 3.63) is 29.6 Å². The van der Waals surface area contributed by atoms with Gasteiger partial charge >= 0.3 is 0 Å². The first kappa shape index (κ1) is 13.4. The van der Waals surface area contributed by atoms with E-state index < -0.39 is 5.82 Å². The number of Topliss-reactive ketones (excluding diaryl/α,β-unsaturated/α-hetero) is 1. The Labute approximate surface area is 110 Å². The summed E-state index contributed by atoms with van der Waals surface area (Å²) in [5.74, 6) is 1.58. The van der Waals surface area contributed by atoms with Gasteiger partial charge in [0, 0.05) is 24.5 Å². The predicted molar refractivity (Wildman–Crippen MR) is 70.8 cm³/mol. The van der Waals surface area contributed by atoms with Gasteiger partial charge in [0.15, 0.2) is 17.3 Å². The Morgan fingerprint density at radius 2 is 2.44 bits per heavy atom. The van der Waals surface area contributed by atoms with Crippen molar-refractivity contribution < 1.29 is 13.9 Å². The topological polar surface area (TPSA) is 38.3 Å². The van der Waals surface area contributed by atoms with E-state index in [9.17, 15) is 9.18 Å². The predicted octanol–water partition coefficient (Wildman–Crippen LogP) is 1.65. The number of carbonyl (C=O) groups excluding carboxylic acids is 1. The highest BCUT2D eigenvalue weighted by atomic mass is 32.2. The lowest BCUT2D eigenvalue weighted by Gasteiger charge is -2.22. The maximum Gasteiger partial charge on any atom is 0.168 e. The zero-order valence-corrected chi connectivity index (χ0v) is 11.1. The number of rotatable bonds is 4. The van der Waals surface area contributed by atoms with Crippen molar-refractivity contribution in [1.82, 2.24) is 5.32 Å².